The van der Waals surface area contributed by atoms with Gasteiger partial charge in [-0.15, -0.1) is 0 Å². The Hall–Kier alpha value is -0.0400. The normalized spacial score (nSPS) is 19.2. The number of rotatable bonds is 4. The third-order valence-corrected chi connectivity index (χ3v) is 2.54. The third kappa shape index (κ3) is 5.30. The Balaban J connectivity index is 2.26. The van der Waals surface area contributed by atoms with E-state index in [0.29, 0.717) is 11.0 Å². The molecule has 0 spiro atoms. The van der Waals surface area contributed by atoms with Crippen LogP contribution in [0, 0.1) is 11.3 Å². The molecule has 78 valence electrons. The van der Waals surface area contributed by atoms with Crippen LogP contribution in [0.1, 0.15) is 53.9 Å². The van der Waals surface area contributed by atoms with Gasteiger partial charge in [-0.1, -0.05) is 20.8 Å². The van der Waals surface area contributed by atoms with Gasteiger partial charge in [-0.25, -0.2) is 0 Å². The van der Waals surface area contributed by atoms with Crippen LogP contribution in [-0.2, 0) is 0 Å². The minimum atomic E-state index is 0.306. The Kier molecular flexibility index (Phi) is 3.06. The zero-order chi connectivity index (χ0) is 10.1. The van der Waals surface area contributed by atoms with Crippen molar-refractivity contribution in [2.45, 2.75) is 59.4 Å². The van der Waals surface area contributed by atoms with Gasteiger partial charge in [0.15, 0.2) is 0 Å². The summed E-state index contributed by atoms with van der Waals surface area (Å²) in [6, 6.07) is 0. The van der Waals surface area contributed by atoms with E-state index in [1.54, 1.807) is 0 Å². The maximum atomic E-state index is 3.68. The highest BCUT2D eigenvalue weighted by atomic mass is 15.0. The highest BCUT2D eigenvalue weighted by Gasteiger charge is 2.28. The number of hydrogen-bond acceptors (Lipinski definition) is 1. The lowest BCUT2D eigenvalue weighted by molar-refractivity contribution is 0.240. The fraction of sp³-hybridized carbons (Fsp3) is 1.00. The molecule has 1 aliphatic rings. The van der Waals surface area contributed by atoms with Crippen molar-refractivity contribution in [2.75, 3.05) is 6.54 Å². The highest BCUT2D eigenvalue weighted by Crippen LogP contribution is 2.30. The van der Waals surface area contributed by atoms with E-state index in [0.717, 1.165) is 5.92 Å². The molecule has 0 aromatic heterocycles. The van der Waals surface area contributed by atoms with Crippen LogP contribution in [-0.4, -0.2) is 12.1 Å². The van der Waals surface area contributed by atoms with Crippen molar-refractivity contribution in [2.24, 2.45) is 11.3 Å². The third-order valence-electron chi connectivity index (χ3n) is 2.54. The molecule has 1 saturated carbocycles. The predicted molar refractivity (Wildman–Crippen MR) is 58.9 cm³/mol. The summed E-state index contributed by atoms with van der Waals surface area (Å²) in [5.41, 5.74) is 0.737. The molecule has 0 bridgehead atoms. The quantitative estimate of drug-likeness (QED) is 0.706. The van der Waals surface area contributed by atoms with Crippen molar-refractivity contribution >= 4 is 0 Å². The zero-order valence-corrected chi connectivity index (χ0v) is 9.91. The van der Waals surface area contributed by atoms with E-state index < -0.39 is 0 Å². The van der Waals surface area contributed by atoms with Gasteiger partial charge < -0.3 is 5.32 Å². The fourth-order valence-corrected chi connectivity index (χ4v) is 2.13. The first-order valence-electron chi connectivity index (χ1n) is 5.54. The Bertz CT molecular complexity index is 160. The van der Waals surface area contributed by atoms with E-state index >= 15 is 0 Å². The summed E-state index contributed by atoms with van der Waals surface area (Å²) in [6.45, 7) is 12.8. The van der Waals surface area contributed by atoms with Crippen LogP contribution in [0.3, 0.4) is 0 Å². The minimum Gasteiger partial charge on any atom is -0.311 e. The highest BCUT2D eigenvalue weighted by molar-refractivity contribution is 4.86. The van der Waals surface area contributed by atoms with Crippen molar-refractivity contribution < 1.29 is 0 Å². The second-order valence-corrected chi connectivity index (χ2v) is 6.45. The monoisotopic (exact) mass is 183 g/mol. The lowest BCUT2D eigenvalue weighted by Crippen LogP contribution is -2.43. The minimum absolute atomic E-state index is 0.306. The van der Waals surface area contributed by atoms with Gasteiger partial charge in [0, 0.05) is 5.54 Å². The summed E-state index contributed by atoms with van der Waals surface area (Å²) in [4.78, 5) is 0. The average molecular weight is 183 g/mol. The molecule has 1 heteroatoms. The molecule has 0 saturated heterocycles. The first kappa shape index (κ1) is 11.0. The molecule has 1 aliphatic carbocycles. The zero-order valence-electron chi connectivity index (χ0n) is 9.91. The molecule has 1 nitrogen and oxygen atoms in total. The van der Waals surface area contributed by atoms with Crippen LogP contribution in [0.25, 0.3) is 0 Å². The van der Waals surface area contributed by atoms with Crippen LogP contribution in [0.4, 0.5) is 0 Å². The molecule has 0 aliphatic heterocycles. The molecular formula is C12H25N. The van der Waals surface area contributed by atoms with Gasteiger partial charge in [-0.2, -0.15) is 0 Å². The molecular weight excluding hydrogens is 158 g/mol. The molecule has 1 N–H and O–H groups in total. The van der Waals surface area contributed by atoms with E-state index in [9.17, 15) is 0 Å². The lowest BCUT2D eigenvalue weighted by Gasteiger charge is -2.33. The maximum Gasteiger partial charge on any atom is 0.0130 e. The van der Waals surface area contributed by atoms with Crippen molar-refractivity contribution in [1.82, 2.24) is 5.32 Å². The summed E-state index contributed by atoms with van der Waals surface area (Å²) >= 11 is 0. The van der Waals surface area contributed by atoms with Crippen LogP contribution < -0.4 is 5.32 Å². The molecule has 13 heavy (non-hydrogen) atoms. The summed E-state index contributed by atoms with van der Waals surface area (Å²) in [5.74, 6) is 0.985. The first-order chi connectivity index (χ1) is 5.79. The smallest absolute Gasteiger partial charge is 0.0130 e. The first-order valence-corrected chi connectivity index (χ1v) is 5.54. The average Bonchev–Trinajstić information content (AvgIpc) is 2.59. The second kappa shape index (κ2) is 3.61. The molecule has 0 aromatic rings. The molecule has 0 radical (unpaired) electrons. The molecule has 0 aromatic carbocycles. The van der Waals surface area contributed by atoms with Crippen LogP contribution >= 0.6 is 0 Å². The van der Waals surface area contributed by atoms with Crippen LogP contribution in [0.5, 0.6) is 0 Å². The van der Waals surface area contributed by atoms with Gasteiger partial charge in [0.1, 0.15) is 0 Å². The van der Waals surface area contributed by atoms with Crippen molar-refractivity contribution in [1.29, 1.82) is 0 Å². The predicted octanol–water partition coefficient (Wildman–Crippen LogP) is 3.20. The standard InChI is InChI=1S/C12H25N/c1-11(2,3)9-12(4,5)13-8-10-6-7-10/h10,13H,6-9H2,1-5H3. The molecule has 1 fully saturated rings. The van der Waals surface area contributed by atoms with Gasteiger partial charge in [0.05, 0.1) is 0 Å². The van der Waals surface area contributed by atoms with E-state index in [1.165, 1.54) is 25.8 Å². The van der Waals surface area contributed by atoms with Gasteiger partial charge in [-0.3, -0.25) is 0 Å². The SMILES string of the molecule is CC(C)(C)CC(C)(C)NCC1CC1. The Morgan fingerprint density at radius 3 is 2.00 bits per heavy atom. The fourth-order valence-electron chi connectivity index (χ4n) is 2.13. The summed E-state index contributed by atoms with van der Waals surface area (Å²) in [7, 11) is 0. The van der Waals surface area contributed by atoms with Gasteiger partial charge in [-0.05, 0) is 51.0 Å². The lowest BCUT2D eigenvalue weighted by atomic mass is 9.82. The molecule has 0 heterocycles. The topological polar surface area (TPSA) is 12.0 Å². The van der Waals surface area contributed by atoms with Crippen molar-refractivity contribution in [3.8, 4) is 0 Å². The van der Waals surface area contributed by atoms with E-state index in [-0.39, 0.29) is 0 Å². The second-order valence-electron chi connectivity index (χ2n) is 6.45. The van der Waals surface area contributed by atoms with Crippen LogP contribution in [0.2, 0.25) is 0 Å². The molecule has 0 atom stereocenters. The van der Waals surface area contributed by atoms with Crippen molar-refractivity contribution in [3.05, 3.63) is 0 Å². The van der Waals surface area contributed by atoms with Gasteiger partial charge >= 0.3 is 0 Å². The largest absolute Gasteiger partial charge is 0.311 e. The number of nitrogens with one attached hydrogen (secondary N) is 1. The van der Waals surface area contributed by atoms with Crippen molar-refractivity contribution in [3.63, 3.8) is 0 Å². The van der Waals surface area contributed by atoms with Gasteiger partial charge in [0.2, 0.25) is 0 Å². The number of hydrogen-bond donors (Lipinski definition) is 1. The molecule has 0 amide bonds. The Labute approximate surface area is 83.3 Å². The van der Waals surface area contributed by atoms with Crippen LogP contribution in [0.15, 0.2) is 0 Å². The maximum absolute atomic E-state index is 3.68. The summed E-state index contributed by atoms with van der Waals surface area (Å²) < 4.78 is 0. The van der Waals surface area contributed by atoms with E-state index in [4.69, 9.17) is 0 Å². The Morgan fingerprint density at radius 1 is 1.08 bits per heavy atom. The van der Waals surface area contributed by atoms with E-state index in [2.05, 4.69) is 39.9 Å². The summed E-state index contributed by atoms with van der Waals surface area (Å²) in [5, 5.41) is 3.68. The molecule has 1 rings (SSSR count). The summed E-state index contributed by atoms with van der Waals surface area (Å²) in [6.07, 6.45) is 4.13. The van der Waals surface area contributed by atoms with Gasteiger partial charge in [0.25, 0.3) is 0 Å². The molecule has 0 unspecified atom stereocenters. The van der Waals surface area contributed by atoms with E-state index in [1.807, 2.05) is 0 Å². The Morgan fingerprint density at radius 2 is 1.62 bits per heavy atom.